The van der Waals surface area contributed by atoms with Gasteiger partial charge in [0.15, 0.2) is 18.7 Å². The second kappa shape index (κ2) is 21.3. The molecule has 3 aliphatic heterocycles. The lowest BCUT2D eigenvalue weighted by molar-refractivity contribution is -0.317. The van der Waals surface area contributed by atoms with Crippen molar-refractivity contribution < 1.29 is 63.1 Å². The Kier molecular flexibility index (Phi) is 18.0. The molecule has 0 bridgehead atoms. The maximum atomic E-state index is 14.5. The zero-order valence-corrected chi connectivity index (χ0v) is 39.7. The van der Waals surface area contributed by atoms with Gasteiger partial charge in [-0.1, -0.05) is 39.0 Å². The summed E-state index contributed by atoms with van der Waals surface area (Å²) >= 11 is 5.63. The van der Waals surface area contributed by atoms with Crippen LogP contribution >= 0.6 is 12.2 Å². The van der Waals surface area contributed by atoms with E-state index in [0.29, 0.717) is 18.7 Å². The first-order valence-corrected chi connectivity index (χ1v) is 22.3. The van der Waals surface area contributed by atoms with E-state index in [0.717, 1.165) is 0 Å². The summed E-state index contributed by atoms with van der Waals surface area (Å²) in [6.45, 7) is 18.1. The van der Waals surface area contributed by atoms with Crippen LogP contribution in [0.1, 0.15) is 94.9 Å². The van der Waals surface area contributed by atoms with E-state index in [1.165, 1.54) is 14.0 Å². The normalized spacial score (nSPS) is 43.8. The number of esters is 1. The molecule has 0 saturated carbocycles. The van der Waals surface area contributed by atoms with Crippen LogP contribution in [-0.2, 0) is 38.0 Å². The van der Waals surface area contributed by atoms with Gasteiger partial charge in [0, 0.05) is 44.3 Å². The van der Waals surface area contributed by atoms with E-state index in [2.05, 4.69) is 0 Å². The molecule has 15 nitrogen and oxygen atoms in total. The number of aliphatic hydroxyl groups is 4. The number of cyclic esters (lactones) is 1. The summed E-state index contributed by atoms with van der Waals surface area (Å²) < 4.78 is 50.9. The van der Waals surface area contributed by atoms with Crippen molar-refractivity contribution in [1.82, 2.24) is 9.80 Å². The second-order valence-corrected chi connectivity index (χ2v) is 19.3. The zero-order valence-electron chi connectivity index (χ0n) is 38.8. The van der Waals surface area contributed by atoms with E-state index in [1.54, 1.807) is 46.8 Å². The van der Waals surface area contributed by atoms with Crippen molar-refractivity contribution in [3.8, 4) is 5.75 Å². The molecule has 3 fully saturated rings. The Hall–Kier alpha value is -2.06. The lowest BCUT2D eigenvalue weighted by Crippen LogP contribution is -2.61. The third kappa shape index (κ3) is 12.4. The SMILES string of the molecule is CC[C@H]1OC(=O)[C@H](C)[C@@H](OC2CC(C)(OC)C(O)C(C)O2)[C@H](C)[C@@H](OC2OC(C)CC(N(C)C)C2OC(=S)Oc2ccccc2)[C@@](C)(O)C[C@@H](C)CN(C)[C@H](C)[C@@H](O)[C@]1(C)O. The summed E-state index contributed by atoms with van der Waals surface area (Å²) in [5.74, 6) is -2.20. The van der Waals surface area contributed by atoms with Gasteiger partial charge in [0.05, 0.1) is 47.6 Å². The first-order chi connectivity index (χ1) is 28.4. The molecule has 4 N–H and O–H groups in total. The molecule has 0 aliphatic carbocycles. The van der Waals surface area contributed by atoms with Gasteiger partial charge >= 0.3 is 11.2 Å². The largest absolute Gasteiger partial charge is 0.459 e. The Morgan fingerprint density at radius 1 is 0.951 bits per heavy atom. The van der Waals surface area contributed by atoms with Gasteiger partial charge in [0.2, 0.25) is 0 Å². The van der Waals surface area contributed by atoms with Gasteiger partial charge in [-0.25, -0.2) is 0 Å². The van der Waals surface area contributed by atoms with Crippen LogP contribution in [0, 0.1) is 17.8 Å². The Morgan fingerprint density at radius 3 is 2.18 bits per heavy atom. The molecule has 8 unspecified atom stereocenters. The van der Waals surface area contributed by atoms with Crippen LogP contribution in [0.15, 0.2) is 30.3 Å². The summed E-state index contributed by atoms with van der Waals surface area (Å²) in [5, 5.41) is 47.3. The molecule has 1 aromatic carbocycles. The molecule has 0 radical (unpaired) electrons. The van der Waals surface area contributed by atoms with Gasteiger partial charge in [0.25, 0.3) is 0 Å². The molecule has 0 aromatic heterocycles. The molecular weight excluding hydrogens is 809 g/mol. The van der Waals surface area contributed by atoms with E-state index in [4.69, 9.17) is 50.1 Å². The molecule has 0 amide bonds. The minimum absolute atomic E-state index is 0.115. The van der Waals surface area contributed by atoms with Crippen molar-refractivity contribution >= 4 is 23.4 Å². The number of thiocarbonyl (C=S) groups is 1. The molecule has 16 heteroatoms. The van der Waals surface area contributed by atoms with Crippen molar-refractivity contribution in [3.05, 3.63) is 30.3 Å². The van der Waals surface area contributed by atoms with E-state index in [-0.39, 0.29) is 42.6 Å². The molecule has 3 aliphatic rings. The van der Waals surface area contributed by atoms with Crippen LogP contribution in [0.5, 0.6) is 5.75 Å². The molecule has 61 heavy (non-hydrogen) atoms. The summed E-state index contributed by atoms with van der Waals surface area (Å²) in [6.07, 6.45) is -8.26. The van der Waals surface area contributed by atoms with Gasteiger partial charge in [0.1, 0.15) is 29.7 Å². The predicted molar refractivity (Wildman–Crippen MR) is 233 cm³/mol. The van der Waals surface area contributed by atoms with E-state index in [9.17, 15) is 25.2 Å². The number of ether oxygens (including phenoxy) is 8. The number of hydrogen-bond donors (Lipinski definition) is 4. The molecule has 350 valence electrons. The average molecular weight is 885 g/mol. The number of rotatable bonds is 9. The first kappa shape index (κ1) is 51.6. The van der Waals surface area contributed by atoms with Gasteiger partial charge in [-0.05, 0) is 107 Å². The Balaban J connectivity index is 1.85. The number of likely N-dealkylation sites (N-methyl/N-ethyl adjacent to an activating group) is 2. The standard InChI is InChI=1S/C45H76N2O13S/c1-15-33-45(10,52)37(48)29(6)47(13)24-25(2)22-43(8,51)39(27(4)35(28(5)40(50)57-33)58-34-23-44(9,53-14)38(49)30(7)55-34)60-41-36(32(46(11)12)21-26(3)54-41)59-42(61)56-31-19-17-16-18-20-31/h16-20,25-30,32-39,41,48-49,51-52H,15,21-24H2,1-14H3/t25-,26?,27+,28-,29-,30?,32?,33-,34?,35+,36?,37-,38?,39-,41?,43+,44?,45-/m1/s1. The topological polar surface area (TPSA) is 178 Å². The van der Waals surface area contributed by atoms with Crippen LogP contribution in [-0.4, -0.2) is 167 Å². The van der Waals surface area contributed by atoms with Crippen LogP contribution in [0.25, 0.3) is 0 Å². The summed E-state index contributed by atoms with van der Waals surface area (Å²) in [5.41, 5.74) is -4.48. The minimum Gasteiger partial charge on any atom is -0.459 e. The molecule has 18 atom stereocenters. The maximum Gasteiger partial charge on any atom is 0.358 e. The zero-order chi connectivity index (χ0) is 45.8. The number of para-hydroxylation sites is 1. The molecular formula is C45H76N2O13S. The lowest BCUT2D eigenvalue weighted by atomic mass is 9.77. The van der Waals surface area contributed by atoms with Crippen molar-refractivity contribution in [3.63, 3.8) is 0 Å². The average Bonchev–Trinajstić information content (AvgIpc) is 3.18. The van der Waals surface area contributed by atoms with Crippen molar-refractivity contribution in [2.45, 2.75) is 185 Å². The molecule has 3 saturated heterocycles. The first-order valence-electron chi connectivity index (χ1n) is 21.8. The Bertz CT molecular complexity index is 1560. The number of nitrogens with zero attached hydrogens (tertiary/aromatic N) is 2. The fourth-order valence-corrected chi connectivity index (χ4v) is 9.77. The highest BCUT2D eigenvalue weighted by Gasteiger charge is 2.53. The van der Waals surface area contributed by atoms with Gasteiger partial charge < -0.3 is 68.1 Å². The Labute approximate surface area is 369 Å². The van der Waals surface area contributed by atoms with E-state index < -0.39 is 96.0 Å². The fourth-order valence-electron chi connectivity index (χ4n) is 9.57. The number of carbonyl (C=O) groups excluding carboxylic acids is 1. The lowest BCUT2D eigenvalue weighted by Gasteiger charge is -2.49. The number of hydrogen-bond acceptors (Lipinski definition) is 16. The van der Waals surface area contributed by atoms with Crippen LogP contribution in [0.2, 0.25) is 0 Å². The smallest absolute Gasteiger partial charge is 0.358 e. The highest BCUT2D eigenvalue weighted by atomic mass is 32.1. The monoisotopic (exact) mass is 885 g/mol. The number of carbonyl (C=O) groups is 1. The third-order valence-corrected chi connectivity index (χ3v) is 13.5. The predicted octanol–water partition coefficient (Wildman–Crippen LogP) is 4.29. The molecule has 3 heterocycles. The van der Waals surface area contributed by atoms with Crippen molar-refractivity contribution in [1.29, 1.82) is 0 Å². The maximum absolute atomic E-state index is 14.5. The van der Waals surface area contributed by atoms with Gasteiger partial charge in [-0.15, -0.1) is 0 Å². The number of methoxy groups -OCH3 is 1. The molecule has 0 spiro atoms. The molecule has 1 aromatic rings. The minimum atomic E-state index is -1.82. The van der Waals surface area contributed by atoms with Crippen LogP contribution < -0.4 is 4.74 Å². The highest BCUT2D eigenvalue weighted by molar-refractivity contribution is 7.79. The molecule has 4 rings (SSSR count). The summed E-state index contributed by atoms with van der Waals surface area (Å²) in [7, 11) is 7.23. The van der Waals surface area contributed by atoms with Crippen molar-refractivity contribution in [2.24, 2.45) is 17.8 Å². The van der Waals surface area contributed by atoms with Gasteiger partial charge in [-0.3, -0.25) is 4.79 Å². The van der Waals surface area contributed by atoms with Crippen LogP contribution in [0.3, 0.4) is 0 Å². The summed E-state index contributed by atoms with van der Waals surface area (Å²) in [4.78, 5) is 18.4. The highest BCUT2D eigenvalue weighted by Crippen LogP contribution is 2.40. The quantitative estimate of drug-likeness (QED) is 0.204. The third-order valence-electron chi connectivity index (χ3n) is 13.4. The van der Waals surface area contributed by atoms with Crippen molar-refractivity contribution in [2.75, 3.05) is 34.8 Å². The van der Waals surface area contributed by atoms with Gasteiger partial charge in [-0.2, -0.15) is 0 Å². The second-order valence-electron chi connectivity index (χ2n) is 18.9. The Morgan fingerprint density at radius 2 is 1.59 bits per heavy atom. The van der Waals surface area contributed by atoms with E-state index >= 15 is 0 Å². The number of benzene rings is 1. The summed E-state index contributed by atoms with van der Waals surface area (Å²) in [6, 6.07) is 8.24. The van der Waals surface area contributed by atoms with Crippen LogP contribution in [0.4, 0.5) is 0 Å². The number of aliphatic hydroxyl groups excluding tert-OH is 2. The van der Waals surface area contributed by atoms with E-state index in [1.807, 2.05) is 76.8 Å². The fraction of sp³-hybridized carbons (Fsp3) is 0.822.